The molecule has 3 aromatic rings. The van der Waals surface area contributed by atoms with Crippen molar-refractivity contribution in [3.63, 3.8) is 0 Å². The van der Waals surface area contributed by atoms with E-state index in [0.717, 1.165) is 67.2 Å². The topological polar surface area (TPSA) is 119 Å². The summed E-state index contributed by atoms with van der Waals surface area (Å²) in [5, 5.41) is 11.5. The average molecular weight is 576 g/mol. The average Bonchev–Trinajstić information content (AvgIpc) is 3.25. The van der Waals surface area contributed by atoms with Crippen LogP contribution in [0.3, 0.4) is 0 Å². The zero-order valence-corrected chi connectivity index (χ0v) is 25.8. The summed E-state index contributed by atoms with van der Waals surface area (Å²) < 4.78 is 10.9. The van der Waals surface area contributed by atoms with Crippen molar-refractivity contribution in [2.45, 2.75) is 78.0 Å². The second-order valence-corrected chi connectivity index (χ2v) is 11.4. The summed E-state index contributed by atoms with van der Waals surface area (Å²) >= 11 is 0. The van der Waals surface area contributed by atoms with Gasteiger partial charge in [0.2, 0.25) is 0 Å². The molecule has 1 aromatic carbocycles. The Bertz CT molecular complexity index is 1330. The summed E-state index contributed by atoms with van der Waals surface area (Å²) in [6.07, 6.45) is 5.32. The number of nitrogens with one attached hydrogen (secondary N) is 1. The van der Waals surface area contributed by atoms with Gasteiger partial charge in [0.05, 0.1) is 18.5 Å². The van der Waals surface area contributed by atoms with E-state index >= 15 is 0 Å². The van der Waals surface area contributed by atoms with E-state index in [0.29, 0.717) is 24.4 Å². The number of amides is 1. The highest BCUT2D eigenvalue weighted by atomic mass is 16.6. The molecule has 2 aliphatic rings. The van der Waals surface area contributed by atoms with Crippen LogP contribution in [0.25, 0.3) is 11.3 Å². The number of ether oxygens (including phenoxy) is 2. The van der Waals surface area contributed by atoms with Crippen LogP contribution in [0.15, 0.2) is 48.7 Å². The number of pyridine rings is 1. The van der Waals surface area contributed by atoms with Crippen LogP contribution in [0, 0.1) is 0 Å². The molecule has 1 amide bonds. The fourth-order valence-corrected chi connectivity index (χ4v) is 5.69. The van der Waals surface area contributed by atoms with Crippen molar-refractivity contribution < 1.29 is 14.3 Å². The molecule has 3 N–H and O–H groups in total. The molecule has 0 radical (unpaired) electrons. The van der Waals surface area contributed by atoms with Crippen molar-refractivity contribution in [3.8, 4) is 17.0 Å². The van der Waals surface area contributed by atoms with Crippen LogP contribution in [0.5, 0.6) is 5.75 Å². The molecular formula is C32H45N7O3. The van der Waals surface area contributed by atoms with E-state index in [1.807, 2.05) is 71.1 Å². The largest absolute Gasteiger partial charge is 0.496 e. The molecule has 0 saturated carbocycles. The van der Waals surface area contributed by atoms with Crippen LogP contribution in [0.1, 0.15) is 59.6 Å². The van der Waals surface area contributed by atoms with Crippen LogP contribution in [-0.4, -0.2) is 65.7 Å². The van der Waals surface area contributed by atoms with Gasteiger partial charge < -0.3 is 30.3 Å². The molecule has 2 aliphatic heterocycles. The lowest BCUT2D eigenvalue weighted by atomic mass is 10.1. The number of hydrogen-bond acceptors (Lipinski definition) is 9. The van der Waals surface area contributed by atoms with Crippen molar-refractivity contribution in [2.75, 3.05) is 42.3 Å². The summed E-state index contributed by atoms with van der Waals surface area (Å²) in [7, 11) is 1.66. The maximum Gasteiger partial charge on any atom is 0.407 e. The second kappa shape index (κ2) is 13.7. The number of methoxy groups -OCH3 is 1. The molecule has 42 heavy (non-hydrogen) atoms. The van der Waals surface area contributed by atoms with Gasteiger partial charge in [-0.05, 0) is 76.8 Å². The monoisotopic (exact) mass is 575 g/mol. The summed E-state index contributed by atoms with van der Waals surface area (Å²) in [4.78, 5) is 21.4. The highest BCUT2D eigenvalue weighted by Crippen LogP contribution is 2.39. The number of nitrogen functional groups attached to an aromatic ring is 1. The van der Waals surface area contributed by atoms with E-state index in [-0.39, 0.29) is 6.09 Å². The molecular weight excluding hydrogens is 530 g/mol. The minimum Gasteiger partial charge on any atom is -0.496 e. The van der Waals surface area contributed by atoms with E-state index in [9.17, 15) is 4.79 Å². The Labute approximate surface area is 249 Å². The zero-order valence-electron chi connectivity index (χ0n) is 25.8. The number of hydrogen-bond donors (Lipinski definition) is 2. The number of alkyl carbamates (subject to hydrolysis) is 1. The Hall–Kier alpha value is -4.08. The maximum absolute atomic E-state index is 11.9. The minimum atomic E-state index is -0.499. The van der Waals surface area contributed by atoms with Gasteiger partial charge in [-0.15, -0.1) is 10.2 Å². The standard InChI is InChI=1S/C30H39N7O3.C2H6/c1-30(2,3)40-29(38)33-14-7-8-20-16-21(13-15-32-20)37-22-11-12-23(37)19-36(18-22)26-17-25(34-35-28(26)31)24-9-5-6-10-27(24)39-4;1-2/h5-6,9-10,13,15-17,22-23H,7-8,11-12,14,18-19H2,1-4H3,(H2,31,35)(H,33,38);1-2H3. The highest BCUT2D eigenvalue weighted by Gasteiger charge is 2.40. The van der Waals surface area contributed by atoms with Gasteiger partial charge in [0.15, 0.2) is 5.82 Å². The number of nitrogens with zero attached hydrogens (tertiary/aromatic N) is 5. The molecule has 0 spiro atoms. The van der Waals surface area contributed by atoms with Gasteiger partial charge in [-0.1, -0.05) is 26.0 Å². The normalized spacial score (nSPS) is 17.8. The Morgan fingerprint density at radius 2 is 1.79 bits per heavy atom. The Kier molecular flexibility index (Phi) is 10.1. The van der Waals surface area contributed by atoms with Gasteiger partial charge >= 0.3 is 6.09 Å². The molecule has 2 fully saturated rings. The summed E-state index contributed by atoms with van der Waals surface area (Å²) in [6, 6.07) is 14.9. The number of fused-ring (bicyclic) bond motifs is 2. The minimum absolute atomic E-state index is 0.366. The number of aromatic nitrogens is 3. The number of carbonyl (C=O) groups excluding carboxylic acids is 1. The smallest absolute Gasteiger partial charge is 0.407 e. The lowest BCUT2D eigenvalue weighted by Gasteiger charge is -2.43. The third-order valence-electron chi connectivity index (χ3n) is 7.38. The molecule has 2 unspecified atom stereocenters. The first-order valence-corrected chi connectivity index (χ1v) is 14.9. The van der Waals surface area contributed by atoms with Crippen molar-refractivity contribution in [3.05, 3.63) is 54.4 Å². The molecule has 2 atom stereocenters. The van der Waals surface area contributed by atoms with Crippen molar-refractivity contribution >= 4 is 23.3 Å². The van der Waals surface area contributed by atoms with Crippen LogP contribution < -0.4 is 25.6 Å². The zero-order chi connectivity index (χ0) is 30.3. The number of carbonyl (C=O) groups is 1. The molecule has 2 aromatic heterocycles. The van der Waals surface area contributed by atoms with E-state index < -0.39 is 5.60 Å². The third-order valence-corrected chi connectivity index (χ3v) is 7.38. The fraction of sp³-hybridized carbons (Fsp3) is 0.500. The highest BCUT2D eigenvalue weighted by molar-refractivity contribution is 5.75. The molecule has 0 aliphatic carbocycles. The molecule has 2 bridgehead atoms. The van der Waals surface area contributed by atoms with Crippen LogP contribution in [0.2, 0.25) is 0 Å². The number of nitrogens with two attached hydrogens (primary N) is 1. The Balaban J connectivity index is 0.00000198. The van der Waals surface area contributed by atoms with Gasteiger partial charge in [0, 0.05) is 54.9 Å². The summed E-state index contributed by atoms with van der Waals surface area (Å²) in [5.74, 6) is 1.20. The molecule has 226 valence electrons. The van der Waals surface area contributed by atoms with Gasteiger partial charge in [-0.3, -0.25) is 4.98 Å². The number of rotatable bonds is 8. The van der Waals surface area contributed by atoms with E-state index in [2.05, 4.69) is 42.4 Å². The van der Waals surface area contributed by atoms with E-state index in [4.69, 9.17) is 15.2 Å². The molecule has 10 heteroatoms. The first-order valence-electron chi connectivity index (χ1n) is 14.9. The molecule has 10 nitrogen and oxygen atoms in total. The van der Waals surface area contributed by atoms with Gasteiger partial charge in [0.25, 0.3) is 0 Å². The number of para-hydroxylation sites is 1. The van der Waals surface area contributed by atoms with E-state index in [1.54, 1.807) is 7.11 Å². The number of anilines is 3. The Morgan fingerprint density at radius 3 is 2.48 bits per heavy atom. The molecule has 4 heterocycles. The first kappa shape index (κ1) is 30.9. The number of benzene rings is 1. The quantitative estimate of drug-likeness (QED) is 0.337. The van der Waals surface area contributed by atoms with Gasteiger partial charge in [0.1, 0.15) is 11.4 Å². The van der Waals surface area contributed by atoms with Gasteiger partial charge in [-0.25, -0.2) is 4.79 Å². The lowest BCUT2D eigenvalue weighted by Crippen LogP contribution is -2.54. The predicted octanol–water partition coefficient (Wildman–Crippen LogP) is 5.47. The van der Waals surface area contributed by atoms with Crippen LogP contribution >= 0.6 is 0 Å². The lowest BCUT2D eigenvalue weighted by molar-refractivity contribution is 0.0527. The van der Waals surface area contributed by atoms with Crippen LogP contribution in [-0.2, 0) is 11.2 Å². The number of aryl methyl sites for hydroxylation is 1. The van der Waals surface area contributed by atoms with Crippen molar-refractivity contribution in [1.82, 2.24) is 20.5 Å². The summed E-state index contributed by atoms with van der Waals surface area (Å²) in [5.41, 5.74) is 10.6. The maximum atomic E-state index is 11.9. The van der Waals surface area contributed by atoms with Gasteiger partial charge in [-0.2, -0.15) is 0 Å². The third kappa shape index (κ3) is 7.40. The summed E-state index contributed by atoms with van der Waals surface area (Å²) in [6.45, 7) is 11.8. The van der Waals surface area contributed by atoms with E-state index in [1.165, 1.54) is 5.69 Å². The molecule has 5 rings (SSSR count). The predicted molar refractivity (Wildman–Crippen MR) is 168 cm³/mol. The van der Waals surface area contributed by atoms with Crippen LogP contribution in [0.4, 0.5) is 22.0 Å². The second-order valence-electron chi connectivity index (χ2n) is 11.4. The van der Waals surface area contributed by atoms with Crippen molar-refractivity contribution in [1.29, 1.82) is 0 Å². The van der Waals surface area contributed by atoms with Crippen molar-refractivity contribution in [2.24, 2.45) is 0 Å². The fourth-order valence-electron chi connectivity index (χ4n) is 5.69. The number of piperazine rings is 1. The first-order chi connectivity index (χ1) is 20.2. The SMILES string of the molecule is CC.COc1ccccc1-c1cc(N2CC3CCC(C2)N3c2ccnc(CCCNC(=O)OC(C)(C)C)c2)c(N)nn1. The molecule has 2 saturated heterocycles. The Morgan fingerprint density at radius 1 is 1.07 bits per heavy atom.